The molecule has 4 aromatic carbocycles. The fourth-order valence-corrected chi connectivity index (χ4v) is 5.54. The number of amides is 2. The second-order valence-electron chi connectivity index (χ2n) is 8.78. The predicted octanol–water partition coefficient (Wildman–Crippen LogP) is 4.80. The van der Waals surface area contributed by atoms with Crippen LogP contribution in [0.4, 0.5) is 11.4 Å². The van der Waals surface area contributed by atoms with E-state index in [0.29, 0.717) is 36.4 Å². The highest BCUT2D eigenvalue weighted by Gasteiger charge is 2.22. The second kappa shape index (κ2) is 9.47. The van der Waals surface area contributed by atoms with Crippen LogP contribution in [0.2, 0.25) is 0 Å². The molecule has 1 heterocycles. The highest BCUT2D eigenvalue weighted by atomic mass is 32.2. The molecule has 36 heavy (non-hydrogen) atoms. The van der Waals surface area contributed by atoms with Crippen LogP contribution >= 0.6 is 0 Å². The first-order chi connectivity index (χ1) is 17.3. The Morgan fingerprint density at radius 1 is 0.833 bits per heavy atom. The standard InChI is InChI=1S/C28H25N3O4S/c1-19(32)31-16-15-20-9-14-25(17-22(20)18-31)36(34,35)30-24-12-10-23(11-13-24)29-28(33)27-8-4-6-21-5-2-3-7-26(21)27/h2-14,17,30H,15-16,18H2,1H3,(H,29,33). The summed E-state index contributed by atoms with van der Waals surface area (Å²) in [5, 5.41) is 4.71. The fraction of sp³-hybridized carbons (Fsp3) is 0.143. The summed E-state index contributed by atoms with van der Waals surface area (Å²) in [7, 11) is -3.83. The quantitative estimate of drug-likeness (QED) is 0.412. The Hall–Kier alpha value is -4.17. The van der Waals surface area contributed by atoms with Crippen molar-refractivity contribution in [2.75, 3.05) is 16.6 Å². The molecule has 2 amide bonds. The van der Waals surface area contributed by atoms with Gasteiger partial charge in [0.2, 0.25) is 5.91 Å². The van der Waals surface area contributed by atoms with E-state index in [0.717, 1.165) is 21.9 Å². The highest BCUT2D eigenvalue weighted by Crippen LogP contribution is 2.25. The van der Waals surface area contributed by atoms with Gasteiger partial charge in [-0.15, -0.1) is 0 Å². The highest BCUT2D eigenvalue weighted by molar-refractivity contribution is 7.92. The molecule has 0 radical (unpaired) electrons. The Morgan fingerprint density at radius 3 is 2.33 bits per heavy atom. The van der Waals surface area contributed by atoms with Crippen LogP contribution in [0, 0.1) is 0 Å². The van der Waals surface area contributed by atoms with Gasteiger partial charge in [0.25, 0.3) is 15.9 Å². The Labute approximate surface area is 209 Å². The third-order valence-corrected chi connectivity index (χ3v) is 7.75. The number of rotatable bonds is 5. The number of carbonyl (C=O) groups excluding carboxylic acids is 2. The van der Waals surface area contributed by atoms with Gasteiger partial charge >= 0.3 is 0 Å². The number of fused-ring (bicyclic) bond motifs is 2. The van der Waals surface area contributed by atoms with E-state index in [4.69, 9.17) is 0 Å². The number of carbonyl (C=O) groups is 2. The summed E-state index contributed by atoms with van der Waals surface area (Å²) < 4.78 is 28.6. The minimum atomic E-state index is -3.83. The molecule has 0 aromatic heterocycles. The van der Waals surface area contributed by atoms with E-state index < -0.39 is 10.0 Å². The Morgan fingerprint density at radius 2 is 1.56 bits per heavy atom. The van der Waals surface area contributed by atoms with Crippen molar-refractivity contribution >= 4 is 44.0 Å². The van der Waals surface area contributed by atoms with Crippen LogP contribution in [0.15, 0.2) is 89.8 Å². The molecule has 1 aliphatic rings. The molecule has 7 nitrogen and oxygen atoms in total. The average molecular weight is 500 g/mol. The number of hydrogen-bond donors (Lipinski definition) is 2. The van der Waals surface area contributed by atoms with Crippen molar-refractivity contribution in [1.29, 1.82) is 0 Å². The number of nitrogens with zero attached hydrogens (tertiary/aromatic N) is 1. The van der Waals surface area contributed by atoms with Crippen molar-refractivity contribution in [3.63, 3.8) is 0 Å². The molecule has 0 saturated heterocycles. The Kier molecular flexibility index (Phi) is 6.20. The number of benzene rings is 4. The lowest BCUT2D eigenvalue weighted by atomic mass is 10.00. The summed E-state index contributed by atoms with van der Waals surface area (Å²) in [6.07, 6.45) is 0.703. The SMILES string of the molecule is CC(=O)N1CCc2ccc(S(=O)(=O)Nc3ccc(NC(=O)c4cccc5ccccc45)cc3)cc2C1. The molecule has 0 bridgehead atoms. The Bertz CT molecular complexity index is 1580. The summed E-state index contributed by atoms with van der Waals surface area (Å²) >= 11 is 0. The number of nitrogens with one attached hydrogen (secondary N) is 2. The van der Waals surface area contributed by atoms with E-state index in [9.17, 15) is 18.0 Å². The zero-order valence-corrected chi connectivity index (χ0v) is 20.5. The summed E-state index contributed by atoms with van der Waals surface area (Å²) in [6.45, 7) is 2.55. The maximum absolute atomic E-state index is 13.0. The number of anilines is 2. The normalized spacial score (nSPS) is 13.2. The molecular formula is C28H25N3O4S. The maximum Gasteiger partial charge on any atom is 0.261 e. The van der Waals surface area contributed by atoms with Gasteiger partial charge in [0.05, 0.1) is 4.90 Å². The van der Waals surface area contributed by atoms with Crippen molar-refractivity contribution in [3.05, 3.63) is 102 Å². The van der Waals surface area contributed by atoms with Gasteiger partial charge in [-0.25, -0.2) is 8.42 Å². The molecule has 0 spiro atoms. The zero-order valence-electron chi connectivity index (χ0n) is 19.7. The van der Waals surface area contributed by atoms with E-state index in [1.807, 2.05) is 42.5 Å². The van der Waals surface area contributed by atoms with Crippen molar-refractivity contribution < 1.29 is 18.0 Å². The van der Waals surface area contributed by atoms with Crippen LogP contribution in [0.3, 0.4) is 0 Å². The van der Waals surface area contributed by atoms with Gasteiger partial charge in [0, 0.05) is 37.0 Å². The first-order valence-corrected chi connectivity index (χ1v) is 13.1. The lowest BCUT2D eigenvalue weighted by molar-refractivity contribution is -0.129. The van der Waals surface area contributed by atoms with Gasteiger partial charge in [-0.05, 0) is 70.8 Å². The largest absolute Gasteiger partial charge is 0.338 e. The number of hydrogen-bond acceptors (Lipinski definition) is 4. The van der Waals surface area contributed by atoms with Crippen LogP contribution in [0.25, 0.3) is 10.8 Å². The van der Waals surface area contributed by atoms with Gasteiger partial charge < -0.3 is 10.2 Å². The van der Waals surface area contributed by atoms with Gasteiger partial charge in [-0.2, -0.15) is 0 Å². The number of sulfonamides is 1. The van der Waals surface area contributed by atoms with Crippen LogP contribution in [-0.2, 0) is 27.8 Å². The molecule has 8 heteroatoms. The monoisotopic (exact) mass is 499 g/mol. The van der Waals surface area contributed by atoms with Crippen molar-refractivity contribution in [2.24, 2.45) is 0 Å². The van der Waals surface area contributed by atoms with Gasteiger partial charge in [0.1, 0.15) is 0 Å². The summed E-state index contributed by atoms with van der Waals surface area (Å²) in [6, 6.07) is 24.8. The first-order valence-electron chi connectivity index (χ1n) is 11.6. The molecule has 0 atom stereocenters. The van der Waals surface area contributed by atoms with E-state index in [2.05, 4.69) is 10.0 Å². The molecule has 0 unspecified atom stereocenters. The molecule has 182 valence electrons. The smallest absolute Gasteiger partial charge is 0.261 e. The molecule has 0 saturated carbocycles. The third kappa shape index (κ3) is 4.81. The molecule has 5 rings (SSSR count). The molecule has 1 aliphatic heterocycles. The molecule has 0 fully saturated rings. The maximum atomic E-state index is 13.0. The van der Waals surface area contributed by atoms with E-state index >= 15 is 0 Å². The molecule has 4 aromatic rings. The van der Waals surface area contributed by atoms with Crippen molar-refractivity contribution in [2.45, 2.75) is 24.8 Å². The van der Waals surface area contributed by atoms with Crippen LogP contribution < -0.4 is 10.0 Å². The predicted molar refractivity (Wildman–Crippen MR) is 140 cm³/mol. The van der Waals surface area contributed by atoms with E-state index in [1.165, 1.54) is 6.92 Å². The summed E-state index contributed by atoms with van der Waals surface area (Å²) in [5.41, 5.74) is 3.38. The lowest BCUT2D eigenvalue weighted by Crippen LogP contribution is -2.34. The molecule has 0 aliphatic carbocycles. The summed E-state index contributed by atoms with van der Waals surface area (Å²) in [5.74, 6) is -0.270. The zero-order chi connectivity index (χ0) is 25.3. The topological polar surface area (TPSA) is 95.6 Å². The van der Waals surface area contributed by atoms with Crippen LogP contribution in [-0.4, -0.2) is 31.7 Å². The Balaban J connectivity index is 1.30. The molecule has 2 N–H and O–H groups in total. The van der Waals surface area contributed by atoms with Crippen molar-refractivity contribution in [3.8, 4) is 0 Å². The van der Waals surface area contributed by atoms with Gasteiger partial charge in [-0.1, -0.05) is 42.5 Å². The van der Waals surface area contributed by atoms with Gasteiger partial charge in [0.15, 0.2) is 0 Å². The van der Waals surface area contributed by atoms with Crippen molar-refractivity contribution in [1.82, 2.24) is 4.90 Å². The van der Waals surface area contributed by atoms with E-state index in [-0.39, 0.29) is 16.7 Å². The average Bonchev–Trinajstić information content (AvgIpc) is 2.88. The van der Waals surface area contributed by atoms with E-state index in [1.54, 1.807) is 47.4 Å². The molecular weight excluding hydrogens is 474 g/mol. The summed E-state index contributed by atoms with van der Waals surface area (Å²) in [4.78, 5) is 26.4. The van der Waals surface area contributed by atoms with Gasteiger partial charge in [-0.3, -0.25) is 14.3 Å². The second-order valence-corrected chi connectivity index (χ2v) is 10.5. The third-order valence-electron chi connectivity index (χ3n) is 6.37. The van der Waals surface area contributed by atoms with Crippen LogP contribution in [0.1, 0.15) is 28.4 Å². The minimum Gasteiger partial charge on any atom is -0.338 e. The van der Waals surface area contributed by atoms with Crippen LogP contribution in [0.5, 0.6) is 0 Å². The lowest BCUT2D eigenvalue weighted by Gasteiger charge is -2.28. The minimum absolute atomic E-state index is 0.0281. The first kappa shape index (κ1) is 23.6. The fourth-order valence-electron chi connectivity index (χ4n) is 4.43.